The highest BCUT2D eigenvalue weighted by atomic mass is 35.5. The van der Waals surface area contributed by atoms with Gasteiger partial charge in [0, 0.05) is 28.1 Å². The summed E-state index contributed by atoms with van der Waals surface area (Å²) >= 11 is 18.9. The molecular formula is C30H25Cl3F3N3O. The van der Waals surface area contributed by atoms with E-state index in [1.165, 1.54) is 12.1 Å². The summed E-state index contributed by atoms with van der Waals surface area (Å²) in [6.07, 6.45) is -0.248. The Hall–Kier alpha value is -3.00. The lowest BCUT2D eigenvalue weighted by atomic mass is 9.91. The lowest BCUT2D eigenvalue weighted by molar-refractivity contribution is -0.137. The van der Waals surface area contributed by atoms with E-state index in [9.17, 15) is 18.0 Å². The Labute approximate surface area is 245 Å². The molecule has 208 valence electrons. The van der Waals surface area contributed by atoms with Gasteiger partial charge in [0.1, 0.15) is 0 Å². The second-order valence-electron chi connectivity index (χ2n) is 9.87. The molecule has 1 amide bonds. The first-order valence-electron chi connectivity index (χ1n) is 12.9. The zero-order valence-corrected chi connectivity index (χ0v) is 23.5. The van der Waals surface area contributed by atoms with E-state index in [0.717, 1.165) is 54.6 Å². The minimum Gasteiger partial charge on any atom is -0.347 e. The van der Waals surface area contributed by atoms with Crippen molar-refractivity contribution in [2.45, 2.75) is 50.7 Å². The van der Waals surface area contributed by atoms with Crippen molar-refractivity contribution in [3.63, 3.8) is 0 Å². The Balaban J connectivity index is 1.50. The summed E-state index contributed by atoms with van der Waals surface area (Å²) in [4.78, 5) is 13.5. The number of hydrogen-bond acceptors (Lipinski definition) is 2. The maximum Gasteiger partial charge on any atom is 0.416 e. The van der Waals surface area contributed by atoms with Crippen LogP contribution in [0.15, 0.2) is 66.7 Å². The third-order valence-electron chi connectivity index (χ3n) is 7.12. The molecule has 0 radical (unpaired) electrons. The molecule has 1 aliphatic carbocycles. The summed E-state index contributed by atoms with van der Waals surface area (Å²) in [7, 11) is 0. The van der Waals surface area contributed by atoms with E-state index in [1.54, 1.807) is 22.9 Å². The minimum atomic E-state index is -4.42. The second-order valence-corrected chi connectivity index (χ2v) is 11.2. The normalized spacial score (nSPS) is 15.4. The first kappa shape index (κ1) is 28.5. The van der Waals surface area contributed by atoms with E-state index in [4.69, 9.17) is 39.9 Å². The van der Waals surface area contributed by atoms with Crippen molar-refractivity contribution in [1.82, 2.24) is 15.1 Å². The summed E-state index contributed by atoms with van der Waals surface area (Å²) in [5.74, 6) is -0.332. The van der Waals surface area contributed by atoms with Gasteiger partial charge in [0.2, 0.25) is 0 Å². The molecule has 1 aliphatic rings. The van der Waals surface area contributed by atoms with Crippen molar-refractivity contribution in [1.29, 1.82) is 0 Å². The van der Waals surface area contributed by atoms with Crippen LogP contribution in [0.5, 0.6) is 0 Å². The van der Waals surface area contributed by atoms with Crippen LogP contribution in [0.25, 0.3) is 5.69 Å². The van der Waals surface area contributed by atoms with E-state index in [-0.39, 0.29) is 18.2 Å². The van der Waals surface area contributed by atoms with E-state index in [1.807, 2.05) is 24.3 Å². The lowest BCUT2D eigenvalue weighted by Gasteiger charge is -2.19. The van der Waals surface area contributed by atoms with E-state index in [0.29, 0.717) is 32.7 Å². The van der Waals surface area contributed by atoms with Crippen LogP contribution in [0.2, 0.25) is 15.1 Å². The van der Waals surface area contributed by atoms with Gasteiger partial charge in [-0.25, -0.2) is 4.68 Å². The average Bonchev–Trinajstić information content (AvgIpc) is 3.16. The number of nitrogens with zero attached hydrogens (tertiary/aromatic N) is 2. The predicted octanol–water partition coefficient (Wildman–Crippen LogP) is 8.83. The molecule has 1 N–H and O–H groups in total. The van der Waals surface area contributed by atoms with Gasteiger partial charge >= 0.3 is 6.18 Å². The number of carbonyl (C=O) groups excluding carboxylic acids is 1. The van der Waals surface area contributed by atoms with Gasteiger partial charge in [-0.1, -0.05) is 65.5 Å². The molecule has 10 heteroatoms. The van der Waals surface area contributed by atoms with Crippen molar-refractivity contribution in [3.05, 3.63) is 115 Å². The number of fused-ring (bicyclic) bond motifs is 1. The van der Waals surface area contributed by atoms with Gasteiger partial charge in [-0.3, -0.25) is 4.79 Å². The quantitative estimate of drug-likeness (QED) is 0.223. The van der Waals surface area contributed by atoms with Crippen LogP contribution in [0.3, 0.4) is 0 Å². The van der Waals surface area contributed by atoms with Gasteiger partial charge in [0.15, 0.2) is 5.69 Å². The largest absolute Gasteiger partial charge is 0.416 e. The van der Waals surface area contributed by atoms with E-state index in [2.05, 4.69) is 5.32 Å². The number of rotatable bonds is 6. The molecule has 0 saturated carbocycles. The molecular weight excluding hydrogens is 582 g/mol. The number of hydrogen-bond donors (Lipinski definition) is 1. The number of nitrogens with one attached hydrogen (secondary N) is 1. The topological polar surface area (TPSA) is 46.9 Å². The molecule has 1 aromatic heterocycles. The fraction of sp³-hybridized carbons (Fsp3) is 0.267. The van der Waals surface area contributed by atoms with Gasteiger partial charge in [-0.15, -0.1) is 0 Å². The van der Waals surface area contributed by atoms with Crippen molar-refractivity contribution >= 4 is 40.7 Å². The van der Waals surface area contributed by atoms with Crippen molar-refractivity contribution in [2.24, 2.45) is 0 Å². The van der Waals surface area contributed by atoms with Crippen LogP contribution in [0.1, 0.15) is 63.6 Å². The summed E-state index contributed by atoms with van der Waals surface area (Å²) in [5, 5.41) is 9.16. The van der Waals surface area contributed by atoms with E-state index < -0.39 is 17.6 Å². The SMILES string of the molecule is O=C(NCc1ccc(C(F)(F)F)cc1)c1nn(-c2ccc(Cl)cc2Cl)c2c1CCCCC2Cc1ccc(Cl)cc1. The number of alkyl halides is 3. The summed E-state index contributed by atoms with van der Waals surface area (Å²) in [6, 6.07) is 17.6. The Morgan fingerprint density at radius 2 is 1.60 bits per heavy atom. The smallest absolute Gasteiger partial charge is 0.347 e. The van der Waals surface area contributed by atoms with Crippen LogP contribution >= 0.6 is 34.8 Å². The van der Waals surface area contributed by atoms with Gasteiger partial charge in [0.25, 0.3) is 5.91 Å². The summed E-state index contributed by atoms with van der Waals surface area (Å²) in [5.41, 5.74) is 3.61. The molecule has 4 aromatic rings. The third-order valence-corrected chi connectivity index (χ3v) is 7.91. The standard InChI is InChI=1S/C30H25Cl3F3N3O/c31-22-11-7-18(8-12-22)15-20-3-1-2-4-24-27(38-39(28(20)24)26-14-13-23(32)16-25(26)33)29(40)37-17-19-5-9-21(10-6-19)30(34,35)36/h5-14,16,20H,1-4,15,17H2,(H,37,40). The Kier molecular flexibility index (Phi) is 8.45. The molecule has 5 rings (SSSR count). The number of benzene rings is 3. The van der Waals surface area contributed by atoms with Crippen molar-refractivity contribution < 1.29 is 18.0 Å². The molecule has 1 atom stereocenters. The molecule has 0 aliphatic heterocycles. The van der Waals surface area contributed by atoms with Crippen molar-refractivity contribution in [2.75, 3.05) is 0 Å². The number of halogens is 6. The zero-order valence-electron chi connectivity index (χ0n) is 21.2. The molecule has 0 saturated heterocycles. The zero-order chi connectivity index (χ0) is 28.4. The van der Waals surface area contributed by atoms with Crippen molar-refractivity contribution in [3.8, 4) is 5.69 Å². The highest BCUT2D eigenvalue weighted by Gasteiger charge is 2.32. The fourth-order valence-electron chi connectivity index (χ4n) is 5.16. The predicted molar refractivity (Wildman–Crippen MR) is 152 cm³/mol. The molecule has 40 heavy (non-hydrogen) atoms. The van der Waals surface area contributed by atoms with Crippen LogP contribution < -0.4 is 5.32 Å². The maximum atomic E-state index is 13.5. The molecule has 4 nitrogen and oxygen atoms in total. The van der Waals surface area contributed by atoms with Crippen LogP contribution in [0.4, 0.5) is 13.2 Å². The Bertz CT molecular complexity index is 1520. The maximum absolute atomic E-state index is 13.5. The highest BCUT2D eigenvalue weighted by molar-refractivity contribution is 6.35. The summed E-state index contributed by atoms with van der Waals surface area (Å²) in [6.45, 7) is 0.0640. The monoisotopic (exact) mass is 605 g/mol. The van der Waals surface area contributed by atoms with Crippen LogP contribution in [-0.4, -0.2) is 15.7 Å². The lowest BCUT2D eigenvalue weighted by Crippen LogP contribution is -2.24. The number of amides is 1. The second kappa shape index (κ2) is 11.9. The fourth-order valence-corrected chi connectivity index (χ4v) is 5.77. The molecule has 0 bridgehead atoms. The molecule has 3 aromatic carbocycles. The molecule has 1 unspecified atom stereocenters. The Morgan fingerprint density at radius 1 is 0.925 bits per heavy atom. The minimum absolute atomic E-state index is 0.0640. The molecule has 0 fully saturated rings. The third kappa shape index (κ3) is 6.32. The Morgan fingerprint density at radius 3 is 2.27 bits per heavy atom. The first-order chi connectivity index (χ1) is 19.1. The first-order valence-corrected chi connectivity index (χ1v) is 14.0. The highest BCUT2D eigenvalue weighted by Crippen LogP contribution is 2.38. The van der Waals surface area contributed by atoms with Gasteiger partial charge in [-0.2, -0.15) is 18.3 Å². The number of aromatic nitrogens is 2. The van der Waals surface area contributed by atoms with Gasteiger partial charge in [0.05, 0.1) is 22.0 Å². The van der Waals surface area contributed by atoms with Crippen LogP contribution in [-0.2, 0) is 25.6 Å². The van der Waals surface area contributed by atoms with E-state index >= 15 is 0 Å². The van der Waals surface area contributed by atoms with Gasteiger partial charge < -0.3 is 5.32 Å². The number of carbonyl (C=O) groups is 1. The molecule has 0 spiro atoms. The van der Waals surface area contributed by atoms with Gasteiger partial charge in [-0.05, 0) is 79.3 Å². The summed E-state index contributed by atoms with van der Waals surface area (Å²) < 4.78 is 40.5. The molecule has 1 heterocycles. The van der Waals surface area contributed by atoms with Crippen LogP contribution in [0, 0.1) is 0 Å². The average molecular weight is 607 g/mol.